The molecule has 106 valence electrons. The molecule has 4 heteroatoms. The molecule has 0 saturated heterocycles. The lowest BCUT2D eigenvalue weighted by atomic mass is 9.94. The minimum atomic E-state index is -0.774. The van der Waals surface area contributed by atoms with E-state index in [1.54, 1.807) is 0 Å². The van der Waals surface area contributed by atoms with Crippen LogP contribution in [0, 0.1) is 5.92 Å². The normalized spacial score (nSPS) is 28.1. The highest BCUT2D eigenvalue weighted by molar-refractivity contribution is 5.95. The van der Waals surface area contributed by atoms with E-state index in [4.69, 9.17) is 0 Å². The summed E-state index contributed by atoms with van der Waals surface area (Å²) < 4.78 is 0. The van der Waals surface area contributed by atoms with Gasteiger partial charge in [-0.2, -0.15) is 0 Å². The Morgan fingerprint density at radius 1 is 1.11 bits per heavy atom. The monoisotopic (exact) mass is 265 g/mol. The first-order valence-corrected chi connectivity index (χ1v) is 7.32. The lowest BCUT2D eigenvalue weighted by Gasteiger charge is -2.23. The Kier molecular flexibility index (Phi) is 4.61. The molecule has 0 aromatic carbocycles. The molecule has 0 bridgehead atoms. The van der Waals surface area contributed by atoms with Gasteiger partial charge in [-0.1, -0.05) is 24.8 Å². The maximum Gasteiger partial charge on any atom is 0.308 e. The van der Waals surface area contributed by atoms with Gasteiger partial charge in [0, 0.05) is 11.6 Å². The van der Waals surface area contributed by atoms with Crippen molar-refractivity contribution in [2.45, 2.75) is 64.3 Å². The number of hydrogen-bond acceptors (Lipinski definition) is 2. The summed E-state index contributed by atoms with van der Waals surface area (Å²) in [6, 6.07) is -0.201. The number of carboxylic acid groups (broad SMARTS) is 1. The molecule has 0 aromatic heterocycles. The highest BCUT2D eigenvalue weighted by Crippen LogP contribution is 2.28. The second-order valence-corrected chi connectivity index (χ2v) is 5.78. The minimum absolute atomic E-state index is 0.0341. The van der Waals surface area contributed by atoms with Gasteiger partial charge in [-0.25, -0.2) is 0 Å². The summed E-state index contributed by atoms with van der Waals surface area (Å²) in [5, 5.41) is 12.3. The van der Waals surface area contributed by atoms with Crippen molar-refractivity contribution in [1.82, 2.24) is 5.32 Å². The predicted octanol–water partition coefficient (Wildman–Crippen LogP) is 2.64. The first kappa shape index (κ1) is 14.1. The van der Waals surface area contributed by atoms with Crippen LogP contribution >= 0.6 is 0 Å². The van der Waals surface area contributed by atoms with E-state index in [0.717, 1.165) is 56.1 Å². The molecule has 1 fully saturated rings. The summed E-state index contributed by atoms with van der Waals surface area (Å²) in [6.07, 6.45) is 7.36. The van der Waals surface area contributed by atoms with E-state index < -0.39 is 11.9 Å². The molecule has 2 atom stereocenters. The zero-order chi connectivity index (χ0) is 13.8. The number of allylic oxidation sites excluding steroid dienone is 1. The number of amides is 1. The maximum absolute atomic E-state index is 12.2. The van der Waals surface area contributed by atoms with Crippen molar-refractivity contribution >= 4 is 11.9 Å². The standard InChI is InChI=1S/C15H23NO3/c1-10-6-5-8-11(10)14(17)16-13-9-4-2-3-7-12(13)15(18)19/h12-13H,2-9H2,1H3,(H,16,17)(H,18,19)/t12-,13+/m1/s1. The number of rotatable bonds is 3. The van der Waals surface area contributed by atoms with Gasteiger partial charge in [0.1, 0.15) is 0 Å². The van der Waals surface area contributed by atoms with Gasteiger partial charge in [0.05, 0.1) is 5.92 Å². The molecule has 0 aliphatic heterocycles. The summed E-state index contributed by atoms with van der Waals surface area (Å²) >= 11 is 0. The van der Waals surface area contributed by atoms with Crippen LogP contribution in [-0.4, -0.2) is 23.0 Å². The van der Waals surface area contributed by atoms with E-state index in [9.17, 15) is 14.7 Å². The van der Waals surface area contributed by atoms with Gasteiger partial charge < -0.3 is 10.4 Å². The van der Waals surface area contributed by atoms with E-state index in [0.29, 0.717) is 6.42 Å². The molecule has 19 heavy (non-hydrogen) atoms. The SMILES string of the molecule is CC1=C(C(=O)N[C@H]2CCCCC[C@H]2C(=O)O)CCC1. The van der Waals surface area contributed by atoms with Crippen molar-refractivity contribution in [2.24, 2.45) is 5.92 Å². The molecule has 2 aliphatic carbocycles. The number of carbonyl (C=O) groups is 2. The van der Waals surface area contributed by atoms with Crippen molar-refractivity contribution in [3.8, 4) is 0 Å². The van der Waals surface area contributed by atoms with Gasteiger partial charge >= 0.3 is 5.97 Å². The van der Waals surface area contributed by atoms with Gasteiger partial charge in [-0.15, -0.1) is 0 Å². The Morgan fingerprint density at radius 2 is 1.84 bits per heavy atom. The van der Waals surface area contributed by atoms with E-state index in [2.05, 4.69) is 5.32 Å². The van der Waals surface area contributed by atoms with Crippen LogP contribution in [0.3, 0.4) is 0 Å². The van der Waals surface area contributed by atoms with E-state index in [1.807, 2.05) is 6.92 Å². The van der Waals surface area contributed by atoms with Gasteiger partial charge in [0.2, 0.25) is 5.91 Å². The van der Waals surface area contributed by atoms with E-state index >= 15 is 0 Å². The van der Waals surface area contributed by atoms with Crippen LogP contribution in [-0.2, 0) is 9.59 Å². The Hall–Kier alpha value is -1.32. The summed E-state index contributed by atoms with van der Waals surface area (Å²) in [6.45, 7) is 2.00. The molecule has 0 heterocycles. The average Bonchev–Trinajstić information content (AvgIpc) is 2.65. The quantitative estimate of drug-likeness (QED) is 0.771. The lowest BCUT2D eigenvalue weighted by molar-refractivity contribution is -0.143. The van der Waals surface area contributed by atoms with Crippen LogP contribution < -0.4 is 5.32 Å². The van der Waals surface area contributed by atoms with E-state index in [-0.39, 0.29) is 11.9 Å². The fourth-order valence-corrected chi connectivity index (χ4v) is 3.23. The first-order chi connectivity index (χ1) is 9.09. The van der Waals surface area contributed by atoms with E-state index in [1.165, 1.54) is 0 Å². The average molecular weight is 265 g/mol. The van der Waals surface area contributed by atoms with Crippen LogP contribution in [0.5, 0.6) is 0 Å². The molecular weight excluding hydrogens is 242 g/mol. The molecule has 0 unspecified atom stereocenters. The molecule has 4 nitrogen and oxygen atoms in total. The van der Waals surface area contributed by atoms with Crippen LogP contribution in [0.15, 0.2) is 11.1 Å². The highest BCUT2D eigenvalue weighted by atomic mass is 16.4. The van der Waals surface area contributed by atoms with Gasteiger partial charge in [-0.05, 0) is 39.0 Å². The van der Waals surface area contributed by atoms with Crippen LogP contribution in [0.2, 0.25) is 0 Å². The molecule has 1 amide bonds. The number of carbonyl (C=O) groups excluding carboxylic acids is 1. The van der Waals surface area contributed by atoms with Crippen molar-refractivity contribution in [3.63, 3.8) is 0 Å². The fraction of sp³-hybridized carbons (Fsp3) is 0.733. The molecule has 0 radical (unpaired) electrons. The van der Waals surface area contributed by atoms with Gasteiger partial charge in [0.25, 0.3) is 0 Å². The Bertz CT molecular complexity index is 400. The summed E-state index contributed by atoms with van der Waals surface area (Å²) in [5.41, 5.74) is 2.05. The Morgan fingerprint density at radius 3 is 2.47 bits per heavy atom. The van der Waals surface area contributed by atoms with Gasteiger partial charge in [-0.3, -0.25) is 9.59 Å². The number of aliphatic carboxylic acids is 1. The number of hydrogen-bond donors (Lipinski definition) is 2. The summed E-state index contributed by atoms with van der Waals surface area (Å²) in [7, 11) is 0. The molecule has 2 rings (SSSR count). The first-order valence-electron chi connectivity index (χ1n) is 7.32. The fourth-order valence-electron chi connectivity index (χ4n) is 3.23. The Balaban J connectivity index is 2.04. The topological polar surface area (TPSA) is 66.4 Å². The van der Waals surface area contributed by atoms with Crippen molar-refractivity contribution < 1.29 is 14.7 Å². The predicted molar refractivity (Wildman–Crippen MR) is 72.7 cm³/mol. The smallest absolute Gasteiger partial charge is 0.308 e. The largest absolute Gasteiger partial charge is 0.481 e. The summed E-state index contributed by atoms with van der Waals surface area (Å²) in [4.78, 5) is 23.6. The molecule has 2 aliphatic rings. The molecular formula is C15H23NO3. The van der Waals surface area contributed by atoms with Crippen molar-refractivity contribution in [2.75, 3.05) is 0 Å². The highest BCUT2D eigenvalue weighted by Gasteiger charge is 2.31. The zero-order valence-electron chi connectivity index (χ0n) is 11.6. The van der Waals surface area contributed by atoms with Crippen molar-refractivity contribution in [1.29, 1.82) is 0 Å². The third-order valence-corrected chi connectivity index (χ3v) is 4.42. The number of nitrogens with one attached hydrogen (secondary N) is 1. The molecule has 0 aromatic rings. The third-order valence-electron chi connectivity index (χ3n) is 4.42. The molecule has 2 N–H and O–H groups in total. The number of carboxylic acids is 1. The second kappa shape index (κ2) is 6.22. The van der Waals surface area contributed by atoms with Crippen LogP contribution in [0.4, 0.5) is 0 Å². The minimum Gasteiger partial charge on any atom is -0.481 e. The third kappa shape index (κ3) is 3.37. The summed E-state index contributed by atoms with van der Waals surface area (Å²) in [5.74, 6) is -1.23. The second-order valence-electron chi connectivity index (χ2n) is 5.78. The van der Waals surface area contributed by atoms with Crippen LogP contribution in [0.25, 0.3) is 0 Å². The lowest BCUT2D eigenvalue weighted by Crippen LogP contribution is -2.43. The van der Waals surface area contributed by atoms with Crippen LogP contribution in [0.1, 0.15) is 58.3 Å². The zero-order valence-corrected chi connectivity index (χ0v) is 11.6. The molecule has 0 spiro atoms. The Labute approximate surface area is 114 Å². The van der Waals surface area contributed by atoms with Gasteiger partial charge in [0.15, 0.2) is 0 Å². The maximum atomic E-state index is 12.2. The van der Waals surface area contributed by atoms with Crippen molar-refractivity contribution in [3.05, 3.63) is 11.1 Å². The molecule has 1 saturated carbocycles.